The van der Waals surface area contributed by atoms with Crippen LogP contribution < -0.4 is 16.2 Å². The normalized spacial score (nSPS) is 10.4. The van der Waals surface area contributed by atoms with Gasteiger partial charge in [-0.3, -0.25) is 14.4 Å². The lowest BCUT2D eigenvalue weighted by atomic mass is 10.2. The maximum atomic E-state index is 11.9. The van der Waals surface area contributed by atoms with Crippen LogP contribution in [0.2, 0.25) is 0 Å². The maximum absolute atomic E-state index is 11.9. The van der Waals surface area contributed by atoms with Gasteiger partial charge in [-0.15, -0.1) is 11.3 Å². The maximum Gasteiger partial charge on any atom is 0.266 e. The van der Waals surface area contributed by atoms with Crippen LogP contribution in [0.3, 0.4) is 0 Å². The lowest BCUT2D eigenvalue weighted by Gasteiger charge is -2.09. The first-order chi connectivity index (χ1) is 13.1. The lowest BCUT2D eigenvalue weighted by molar-refractivity contribution is -0.120. The predicted molar refractivity (Wildman–Crippen MR) is 104 cm³/mol. The first-order valence-corrected chi connectivity index (χ1v) is 9.23. The van der Waals surface area contributed by atoms with Crippen LogP contribution in [-0.2, 0) is 11.3 Å². The molecule has 7 nitrogen and oxygen atoms in total. The zero-order valence-electron chi connectivity index (χ0n) is 14.4. The van der Waals surface area contributed by atoms with Gasteiger partial charge >= 0.3 is 0 Å². The zero-order chi connectivity index (χ0) is 19.1. The van der Waals surface area contributed by atoms with Gasteiger partial charge in [-0.2, -0.15) is 5.10 Å². The van der Waals surface area contributed by atoms with E-state index in [1.54, 1.807) is 30.3 Å². The third-order valence-corrected chi connectivity index (χ3v) is 4.62. The van der Waals surface area contributed by atoms with E-state index in [9.17, 15) is 14.4 Å². The van der Waals surface area contributed by atoms with Crippen molar-refractivity contribution in [3.05, 3.63) is 75.9 Å². The minimum atomic E-state index is -0.332. The fraction of sp³-hybridized carbons (Fsp3) is 0.158. The minimum absolute atomic E-state index is 0.134. The van der Waals surface area contributed by atoms with Crippen molar-refractivity contribution in [2.45, 2.75) is 6.54 Å². The number of hydrogen-bond acceptors (Lipinski definition) is 5. The largest absolute Gasteiger partial charge is 0.353 e. The molecular formula is C19H18N4O3S. The van der Waals surface area contributed by atoms with E-state index in [2.05, 4.69) is 15.7 Å². The minimum Gasteiger partial charge on any atom is -0.353 e. The van der Waals surface area contributed by atoms with Crippen molar-refractivity contribution in [3.63, 3.8) is 0 Å². The molecule has 1 aromatic carbocycles. The van der Waals surface area contributed by atoms with E-state index in [0.29, 0.717) is 11.3 Å². The predicted octanol–water partition coefficient (Wildman–Crippen LogP) is 1.52. The van der Waals surface area contributed by atoms with Gasteiger partial charge in [0.1, 0.15) is 5.69 Å². The fourth-order valence-electron chi connectivity index (χ4n) is 2.38. The summed E-state index contributed by atoms with van der Waals surface area (Å²) in [6.45, 7) is 0.350. The van der Waals surface area contributed by atoms with Crippen molar-refractivity contribution >= 4 is 23.2 Å². The Morgan fingerprint density at radius 2 is 1.81 bits per heavy atom. The summed E-state index contributed by atoms with van der Waals surface area (Å²) in [7, 11) is 0. The molecule has 2 N–H and O–H groups in total. The van der Waals surface area contributed by atoms with Crippen LogP contribution >= 0.6 is 11.3 Å². The summed E-state index contributed by atoms with van der Waals surface area (Å²) in [5.74, 6) is -0.644. The number of carbonyl (C=O) groups excluding carboxylic acids is 2. The molecule has 3 aromatic rings. The monoisotopic (exact) mass is 382 g/mol. The summed E-state index contributed by atoms with van der Waals surface area (Å²) < 4.78 is 1.32. The van der Waals surface area contributed by atoms with Crippen LogP contribution in [0.4, 0.5) is 0 Å². The number of hydrogen-bond donors (Lipinski definition) is 2. The number of nitrogens with one attached hydrogen (secondary N) is 2. The van der Waals surface area contributed by atoms with Crippen LogP contribution in [0.15, 0.2) is 64.8 Å². The molecule has 0 aliphatic carbocycles. The molecule has 0 spiro atoms. The van der Waals surface area contributed by atoms with Crippen LogP contribution in [0.1, 0.15) is 10.4 Å². The Morgan fingerprint density at radius 3 is 2.56 bits per heavy atom. The van der Waals surface area contributed by atoms with E-state index in [1.165, 1.54) is 22.1 Å². The first-order valence-electron chi connectivity index (χ1n) is 8.35. The molecule has 0 saturated heterocycles. The molecule has 2 amide bonds. The van der Waals surface area contributed by atoms with E-state index in [-0.39, 0.29) is 37.0 Å². The lowest BCUT2D eigenvalue weighted by Crippen LogP contribution is -2.39. The van der Waals surface area contributed by atoms with Gasteiger partial charge in [0.2, 0.25) is 5.91 Å². The number of rotatable bonds is 7. The van der Waals surface area contributed by atoms with E-state index < -0.39 is 0 Å². The highest BCUT2D eigenvalue weighted by molar-refractivity contribution is 7.13. The summed E-state index contributed by atoms with van der Waals surface area (Å²) in [6, 6.07) is 15.7. The summed E-state index contributed by atoms with van der Waals surface area (Å²) >= 11 is 1.54. The van der Waals surface area contributed by atoms with Crippen molar-refractivity contribution in [2.24, 2.45) is 0 Å². The molecule has 2 heterocycles. The summed E-state index contributed by atoms with van der Waals surface area (Å²) in [6.07, 6.45) is 0. The molecule has 27 heavy (non-hydrogen) atoms. The standard InChI is InChI=1S/C19H18N4O3S/c24-17(13-21-19(26)14-5-2-1-3-6-14)20-10-11-23-18(25)9-8-15(22-23)16-7-4-12-27-16/h1-9,12H,10-11,13H2,(H,20,24)(H,21,26). The van der Waals surface area contributed by atoms with Crippen molar-refractivity contribution in [1.29, 1.82) is 0 Å². The number of carbonyl (C=O) groups is 2. The third-order valence-electron chi connectivity index (χ3n) is 3.73. The molecule has 0 bridgehead atoms. The van der Waals surface area contributed by atoms with Gasteiger partial charge in [0.05, 0.1) is 18.0 Å². The molecule has 0 saturated carbocycles. The molecule has 0 unspecified atom stereocenters. The number of nitrogens with zero attached hydrogens (tertiary/aromatic N) is 2. The average molecular weight is 382 g/mol. The van der Waals surface area contributed by atoms with Gasteiger partial charge in [-0.25, -0.2) is 4.68 Å². The van der Waals surface area contributed by atoms with E-state index in [1.807, 2.05) is 23.6 Å². The van der Waals surface area contributed by atoms with E-state index >= 15 is 0 Å². The van der Waals surface area contributed by atoms with Gasteiger partial charge in [-0.1, -0.05) is 24.3 Å². The number of aromatic nitrogens is 2. The topological polar surface area (TPSA) is 93.1 Å². The van der Waals surface area contributed by atoms with E-state index in [4.69, 9.17) is 0 Å². The average Bonchev–Trinajstić information content (AvgIpc) is 3.23. The van der Waals surface area contributed by atoms with E-state index in [0.717, 1.165) is 4.88 Å². The van der Waals surface area contributed by atoms with Crippen LogP contribution in [0.5, 0.6) is 0 Å². The van der Waals surface area contributed by atoms with Crippen molar-refractivity contribution in [2.75, 3.05) is 13.1 Å². The summed E-state index contributed by atoms with van der Waals surface area (Å²) in [5, 5.41) is 11.5. The van der Waals surface area contributed by atoms with Gasteiger partial charge in [0.15, 0.2) is 0 Å². The SMILES string of the molecule is O=C(CNC(=O)c1ccccc1)NCCn1nc(-c2cccs2)ccc1=O. The van der Waals surface area contributed by atoms with Crippen molar-refractivity contribution in [3.8, 4) is 10.6 Å². The van der Waals surface area contributed by atoms with Crippen LogP contribution in [-0.4, -0.2) is 34.7 Å². The Morgan fingerprint density at radius 1 is 1.00 bits per heavy atom. The molecule has 3 rings (SSSR count). The second kappa shape index (κ2) is 8.91. The molecule has 0 fully saturated rings. The molecule has 138 valence electrons. The van der Waals surface area contributed by atoms with Gasteiger partial charge in [-0.05, 0) is 29.6 Å². The zero-order valence-corrected chi connectivity index (χ0v) is 15.2. The quantitative estimate of drug-likeness (QED) is 0.648. The first kappa shape index (κ1) is 18.5. The molecule has 0 atom stereocenters. The molecule has 2 aromatic heterocycles. The smallest absolute Gasteiger partial charge is 0.266 e. The summed E-state index contributed by atoms with van der Waals surface area (Å²) in [5.41, 5.74) is 0.972. The molecule has 0 aliphatic rings. The summed E-state index contributed by atoms with van der Waals surface area (Å²) in [4.78, 5) is 36.7. The Bertz CT molecular complexity index is 968. The molecule has 8 heteroatoms. The molecular weight excluding hydrogens is 364 g/mol. The second-order valence-electron chi connectivity index (χ2n) is 5.66. The third kappa shape index (κ3) is 5.11. The second-order valence-corrected chi connectivity index (χ2v) is 6.60. The highest BCUT2D eigenvalue weighted by Crippen LogP contribution is 2.20. The van der Waals surface area contributed by atoms with Gasteiger partial charge < -0.3 is 10.6 Å². The number of thiophene rings is 1. The Hall–Kier alpha value is -3.26. The highest BCUT2D eigenvalue weighted by Gasteiger charge is 2.08. The fourth-order valence-corrected chi connectivity index (χ4v) is 3.07. The van der Waals surface area contributed by atoms with Crippen molar-refractivity contribution < 1.29 is 9.59 Å². The van der Waals surface area contributed by atoms with Crippen LogP contribution in [0, 0.1) is 0 Å². The highest BCUT2D eigenvalue weighted by atomic mass is 32.1. The Labute approximate surface area is 159 Å². The van der Waals surface area contributed by atoms with Gasteiger partial charge in [0, 0.05) is 18.2 Å². The Balaban J connectivity index is 1.48. The number of benzene rings is 1. The number of amides is 2. The molecule has 0 aliphatic heterocycles. The Kier molecular flexibility index (Phi) is 6.11. The molecule has 0 radical (unpaired) electrons. The van der Waals surface area contributed by atoms with Crippen molar-refractivity contribution in [1.82, 2.24) is 20.4 Å². The van der Waals surface area contributed by atoms with Crippen LogP contribution in [0.25, 0.3) is 10.6 Å². The van der Waals surface area contributed by atoms with Gasteiger partial charge in [0.25, 0.3) is 11.5 Å².